The van der Waals surface area contributed by atoms with Crippen molar-refractivity contribution in [1.29, 1.82) is 0 Å². The van der Waals surface area contributed by atoms with Crippen molar-refractivity contribution in [1.82, 2.24) is 9.80 Å². The smallest absolute Gasteiger partial charge is 0.261 e. The molecular formula is C11H21FN2O2. The molecule has 1 aliphatic heterocycles. The molecule has 0 aliphatic carbocycles. The van der Waals surface area contributed by atoms with Crippen molar-refractivity contribution in [3.8, 4) is 0 Å². The highest BCUT2D eigenvalue weighted by molar-refractivity contribution is 5.86. The number of nitrogens with zero attached hydrogens (tertiary/aromatic N) is 2. The first-order valence-corrected chi connectivity index (χ1v) is 5.53. The molecule has 1 atom stereocenters. The first-order valence-electron chi connectivity index (χ1n) is 5.53. The van der Waals surface area contributed by atoms with E-state index >= 15 is 0 Å². The Kier molecular flexibility index (Phi) is 5.41. The molecule has 1 rings (SSSR count). The maximum Gasteiger partial charge on any atom is 0.261 e. The third kappa shape index (κ3) is 3.18. The monoisotopic (exact) mass is 232 g/mol. The predicted molar refractivity (Wildman–Crippen MR) is 60.8 cm³/mol. The van der Waals surface area contributed by atoms with Crippen LogP contribution in [0.5, 0.6) is 0 Å². The Labute approximate surface area is 96.4 Å². The maximum atomic E-state index is 14.0. The lowest BCUT2D eigenvalue weighted by Gasteiger charge is -2.22. The minimum absolute atomic E-state index is 0.101. The number of hydrogen-bond donors (Lipinski definition) is 0. The summed E-state index contributed by atoms with van der Waals surface area (Å²) in [4.78, 5) is 25.0. The summed E-state index contributed by atoms with van der Waals surface area (Å²) in [7, 11) is 3.03. The minimum atomic E-state index is -1.88. The van der Waals surface area contributed by atoms with Crippen LogP contribution in [0.3, 0.4) is 0 Å². The molecular weight excluding hydrogens is 211 g/mol. The number of carbonyl (C=O) groups is 2. The second-order valence-corrected chi connectivity index (χ2v) is 3.86. The molecule has 0 spiro atoms. The highest BCUT2D eigenvalue weighted by Gasteiger charge is 2.46. The molecule has 5 heteroatoms. The zero-order chi connectivity index (χ0) is 12.9. The lowest BCUT2D eigenvalue weighted by atomic mass is 10.0. The van der Waals surface area contributed by atoms with Gasteiger partial charge < -0.3 is 9.80 Å². The van der Waals surface area contributed by atoms with E-state index < -0.39 is 11.6 Å². The van der Waals surface area contributed by atoms with Crippen molar-refractivity contribution >= 4 is 11.8 Å². The van der Waals surface area contributed by atoms with Gasteiger partial charge >= 0.3 is 0 Å². The van der Waals surface area contributed by atoms with E-state index in [2.05, 4.69) is 0 Å². The summed E-state index contributed by atoms with van der Waals surface area (Å²) in [6, 6.07) is 0. The van der Waals surface area contributed by atoms with E-state index in [1.165, 1.54) is 30.8 Å². The Morgan fingerprint density at radius 1 is 1.31 bits per heavy atom. The summed E-state index contributed by atoms with van der Waals surface area (Å²) in [6.45, 7) is 5.59. The van der Waals surface area contributed by atoms with Gasteiger partial charge in [-0.05, 0) is 0 Å². The molecule has 1 saturated heterocycles. The molecule has 1 heterocycles. The third-order valence-corrected chi connectivity index (χ3v) is 2.45. The van der Waals surface area contributed by atoms with Gasteiger partial charge in [-0.1, -0.05) is 13.8 Å². The van der Waals surface area contributed by atoms with E-state index in [0.29, 0.717) is 6.54 Å². The van der Waals surface area contributed by atoms with E-state index in [1.807, 2.05) is 13.8 Å². The van der Waals surface area contributed by atoms with E-state index in [9.17, 15) is 14.0 Å². The predicted octanol–water partition coefficient (Wildman–Crippen LogP) is 1.06. The number of rotatable bonds is 1. The molecule has 94 valence electrons. The second-order valence-electron chi connectivity index (χ2n) is 3.86. The fourth-order valence-corrected chi connectivity index (χ4v) is 1.62. The topological polar surface area (TPSA) is 40.6 Å². The molecule has 0 bridgehead atoms. The molecule has 1 aliphatic rings. The molecule has 0 aromatic carbocycles. The SMILES string of the molecule is CC.CC(=O)N1CCC(F)(C(=O)N(C)C)C1. The number of carbonyl (C=O) groups excluding carboxylic acids is 2. The average Bonchev–Trinajstić information content (AvgIpc) is 2.64. The average molecular weight is 232 g/mol. The van der Waals surface area contributed by atoms with Crippen LogP contribution in [-0.4, -0.2) is 54.5 Å². The molecule has 0 aromatic heterocycles. The number of hydrogen-bond acceptors (Lipinski definition) is 2. The Bertz CT molecular complexity index is 269. The first-order chi connectivity index (χ1) is 7.37. The summed E-state index contributed by atoms with van der Waals surface area (Å²) in [5.41, 5.74) is -1.88. The summed E-state index contributed by atoms with van der Waals surface area (Å²) in [5, 5.41) is 0. The molecule has 16 heavy (non-hydrogen) atoms. The normalized spacial score (nSPS) is 23.5. The fraction of sp³-hybridized carbons (Fsp3) is 0.818. The quantitative estimate of drug-likeness (QED) is 0.678. The molecule has 1 unspecified atom stereocenters. The van der Waals surface area contributed by atoms with Crippen molar-refractivity contribution < 1.29 is 14.0 Å². The standard InChI is InChI=1S/C9H15FN2O2.C2H6/c1-7(13)12-5-4-9(10,6-12)8(14)11(2)3;1-2/h4-6H2,1-3H3;1-2H3. The van der Waals surface area contributed by atoms with Crippen LogP contribution < -0.4 is 0 Å². The van der Waals surface area contributed by atoms with Crippen molar-refractivity contribution in [2.24, 2.45) is 0 Å². The van der Waals surface area contributed by atoms with Crippen LogP contribution in [0.2, 0.25) is 0 Å². The maximum absolute atomic E-state index is 14.0. The van der Waals surface area contributed by atoms with Crippen LogP contribution in [0, 0.1) is 0 Å². The van der Waals surface area contributed by atoms with Crippen LogP contribution in [0.4, 0.5) is 4.39 Å². The zero-order valence-corrected chi connectivity index (χ0v) is 10.7. The Morgan fingerprint density at radius 3 is 2.12 bits per heavy atom. The van der Waals surface area contributed by atoms with Gasteiger partial charge in [0, 0.05) is 34.0 Å². The third-order valence-electron chi connectivity index (χ3n) is 2.45. The van der Waals surface area contributed by atoms with Crippen LogP contribution in [-0.2, 0) is 9.59 Å². The van der Waals surface area contributed by atoms with Gasteiger partial charge in [0.25, 0.3) is 5.91 Å². The summed E-state index contributed by atoms with van der Waals surface area (Å²) < 4.78 is 14.0. The van der Waals surface area contributed by atoms with Crippen LogP contribution in [0.1, 0.15) is 27.2 Å². The molecule has 0 aromatic rings. The summed E-state index contributed by atoms with van der Waals surface area (Å²) >= 11 is 0. The fourth-order valence-electron chi connectivity index (χ4n) is 1.62. The van der Waals surface area contributed by atoms with Crippen molar-refractivity contribution in [2.45, 2.75) is 32.9 Å². The molecule has 0 saturated carbocycles. The molecule has 0 radical (unpaired) electrons. The van der Waals surface area contributed by atoms with E-state index in [0.717, 1.165) is 0 Å². The number of likely N-dealkylation sites (tertiary alicyclic amines) is 1. The first kappa shape index (κ1) is 14.9. The van der Waals surface area contributed by atoms with E-state index in [-0.39, 0.29) is 18.9 Å². The van der Waals surface area contributed by atoms with Gasteiger partial charge in [-0.2, -0.15) is 0 Å². The van der Waals surface area contributed by atoms with Crippen molar-refractivity contribution in [3.63, 3.8) is 0 Å². The molecule has 4 nitrogen and oxygen atoms in total. The van der Waals surface area contributed by atoms with Crippen LogP contribution >= 0.6 is 0 Å². The van der Waals surface area contributed by atoms with E-state index in [4.69, 9.17) is 0 Å². The van der Waals surface area contributed by atoms with Gasteiger partial charge in [0.1, 0.15) is 0 Å². The lowest BCUT2D eigenvalue weighted by molar-refractivity contribution is -0.141. The van der Waals surface area contributed by atoms with Gasteiger partial charge in [0.2, 0.25) is 11.6 Å². The molecule has 1 fully saturated rings. The van der Waals surface area contributed by atoms with Gasteiger partial charge in [0.05, 0.1) is 6.54 Å². The van der Waals surface area contributed by atoms with Gasteiger partial charge in [-0.3, -0.25) is 9.59 Å². The van der Waals surface area contributed by atoms with Crippen molar-refractivity contribution in [3.05, 3.63) is 0 Å². The van der Waals surface area contributed by atoms with Crippen LogP contribution in [0.25, 0.3) is 0 Å². The number of halogens is 1. The van der Waals surface area contributed by atoms with Gasteiger partial charge in [0.15, 0.2) is 0 Å². The van der Waals surface area contributed by atoms with Gasteiger partial charge in [-0.15, -0.1) is 0 Å². The Morgan fingerprint density at radius 2 is 1.81 bits per heavy atom. The summed E-state index contributed by atoms with van der Waals surface area (Å²) in [6.07, 6.45) is 0.101. The van der Waals surface area contributed by atoms with Gasteiger partial charge in [-0.25, -0.2) is 4.39 Å². The lowest BCUT2D eigenvalue weighted by Crippen LogP contribution is -2.45. The van der Waals surface area contributed by atoms with Crippen molar-refractivity contribution in [2.75, 3.05) is 27.2 Å². The largest absolute Gasteiger partial charge is 0.346 e. The molecule has 2 amide bonds. The minimum Gasteiger partial charge on any atom is -0.346 e. The Hall–Kier alpha value is -1.13. The summed E-state index contributed by atoms with van der Waals surface area (Å²) in [5.74, 6) is -0.739. The second kappa shape index (κ2) is 5.82. The molecule has 0 N–H and O–H groups in total. The highest BCUT2D eigenvalue weighted by Crippen LogP contribution is 2.27. The van der Waals surface area contributed by atoms with Crippen LogP contribution in [0.15, 0.2) is 0 Å². The van der Waals surface area contributed by atoms with E-state index in [1.54, 1.807) is 0 Å². The number of alkyl halides is 1. The highest BCUT2D eigenvalue weighted by atomic mass is 19.1. The Balaban J connectivity index is 0.00000106. The number of amides is 2. The zero-order valence-electron chi connectivity index (χ0n) is 10.7.